The van der Waals surface area contributed by atoms with Gasteiger partial charge in [-0.15, -0.1) is 0 Å². The molecule has 0 saturated carbocycles. The van der Waals surface area contributed by atoms with Crippen molar-refractivity contribution in [3.05, 3.63) is 88.3 Å². The van der Waals surface area contributed by atoms with Crippen LogP contribution in [0.3, 0.4) is 0 Å². The summed E-state index contributed by atoms with van der Waals surface area (Å²) in [5.41, 5.74) is -1.66. The molecule has 1 amide bonds. The van der Waals surface area contributed by atoms with Crippen LogP contribution >= 0.6 is 0 Å². The molecule has 1 unspecified atom stereocenters. The van der Waals surface area contributed by atoms with Gasteiger partial charge in [0.1, 0.15) is 22.7 Å². The number of amides is 1. The van der Waals surface area contributed by atoms with Crippen molar-refractivity contribution in [3.8, 4) is 28.6 Å². The zero-order chi connectivity index (χ0) is 27.6. The van der Waals surface area contributed by atoms with Gasteiger partial charge in [0.15, 0.2) is 5.82 Å². The van der Waals surface area contributed by atoms with Crippen LogP contribution in [0.1, 0.15) is 22.8 Å². The van der Waals surface area contributed by atoms with E-state index in [1.165, 1.54) is 50.0 Å². The van der Waals surface area contributed by atoms with E-state index in [4.69, 9.17) is 9.47 Å². The van der Waals surface area contributed by atoms with Gasteiger partial charge in [-0.1, -0.05) is 0 Å². The maximum absolute atomic E-state index is 13.8. The van der Waals surface area contributed by atoms with Crippen LogP contribution in [0.2, 0.25) is 0 Å². The molecule has 2 aromatic carbocycles. The van der Waals surface area contributed by atoms with Crippen LogP contribution in [-0.2, 0) is 13.2 Å². The van der Waals surface area contributed by atoms with Crippen molar-refractivity contribution in [1.82, 2.24) is 14.3 Å². The molecule has 4 rings (SSSR count). The second kappa shape index (κ2) is 10.4. The van der Waals surface area contributed by atoms with E-state index in [-0.39, 0.29) is 22.7 Å². The zero-order valence-corrected chi connectivity index (χ0v) is 20.4. The highest BCUT2D eigenvalue weighted by molar-refractivity contribution is 6.06. The number of nitrogens with one attached hydrogen (secondary N) is 1. The van der Waals surface area contributed by atoms with E-state index in [0.29, 0.717) is 11.3 Å². The van der Waals surface area contributed by atoms with Crippen LogP contribution in [0.15, 0.2) is 71.7 Å². The summed E-state index contributed by atoms with van der Waals surface area (Å²) >= 11 is 0. The van der Waals surface area contributed by atoms with Gasteiger partial charge in [0.05, 0.1) is 12.8 Å². The molecular weight excluding hydrogens is 508 g/mol. The van der Waals surface area contributed by atoms with Gasteiger partial charge in [-0.2, -0.15) is 17.9 Å². The average Bonchev–Trinajstić information content (AvgIpc) is 3.12. The van der Waals surface area contributed by atoms with E-state index < -0.39 is 35.4 Å². The number of alkyl halides is 4. The molecule has 2 aromatic heterocycles. The quantitative estimate of drug-likeness (QED) is 0.332. The number of hydrogen-bond donors (Lipinski definition) is 1. The summed E-state index contributed by atoms with van der Waals surface area (Å²) in [5, 5.41) is 2.52. The fourth-order valence-corrected chi connectivity index (χ4v) is 3.88. The van der Waals surface area contributed by atoms with Crippen LogP contribution in [-0.4, -0.2) is 33.7 Å². The molecule has 198 valence electrons. The molecule has 0 saturated heterocycles. The first kappa shape index (κ1) is 26.5. The molecule has 8 nitrogen and oxygen atoms in total. The monoisotopic (exact) mass is 530 g/mol. The van der Waals surface area contributed by atoms with Crippen molar-refractivity contribution >= 4 is 11.6 Å². The van der Waals surface area contributed by atoms with E-state index in [1.54, 1.807) is 24.3 Å². The van der Waals surface area contributed by atoms with E-state index in [2.05, 4.69) is 10.3 Å². The predicted molar refractivity (Wildman–Crippen MR) is 131 cm³/mol. The molecule has 0 aliphatic rings. The molecule has 12 heteroatoms. The number of methoxy groups -OCH3 is 1. The number of carbonyl (C=O) groups is 1. The Morgan fingerprint density at radius 1 is 1.03 bits per heavy atom. The lowest BCUT2D eigenvalue weighted by atomic mass is 10.1. The summed E-state index contributed by atoms with van der Waals surface area (Å²) in [6, 6.07) is 13.8. The second-order valence-corrected chi connectivity index (χ2v) is 8.10. The van der Waals surface area contributed by atoms with Crippen LogP contribution < -0.4 is 20.3 Å². The Morgan fingerprint density at radius 3 is 2.24 bits per heavy atom. The smallest absolute Gasteiger partial charge is 0.420 e. The van der Waals surface area contributed by atoms with Crippen LogP contribution in [0.25, 0.3) is 17.1 Å². The van der Waals surface area contributed by atoms with Crippen molar-refractivity contribution in [3.63, 3.8) is 0 Å². The lowest BCUT2D eigenvalue weighted by Crippen LogP contribution is -2.26. The number of nitrogens with zero attached hydrogens (tertiary/aromatic N) is 3. The minimum absolute atomic E-state index is 0.105. The average molecular weight is 530 g/mol. The van der Waals surface area contributed by atoms with Crippen molar-refractivity contribution < 1.29 is 31.8 Å². The summed E-state index contributed by atoms with van der Waals surface area (Å²) in [6.45, 7) is 1.20. The van der Waals surface area contributed by atoms with Crippen LogP contribution in [0, 0.1) is 0 Å². The lowest BCUT2D eigenvalue weighted by Gasteiger charge is -2.14. The highest BCUT2D eigenvalue weighted by Crippen LogP contribution is 2.34. The van der Waals surface area contributed by atoms with E-state index in [9.17, 15) is 27.2 Å². The van der Waals surface area contributed by atoms with E-state index in [1.807, 2.05) is 0 Å². The molecule has 0 aliphatic carbocycles. The third-order valence-electron chi connectivity index (χ3n) is 5.58. The van der Waals surface area contributed by atoms with Crippen molar-refractivity contribution in [1.29, 1.82) is 0 Å². The maximum Gasteiger partial charge on any atom is 0.420 e. The zero-order valence-electron chi connectivity index (χ0n) is 20.4. The molecule has 1 N–H and O–H groups in total. The number of rotatable bonds is 7. The topological polar surface area (TPSA) is 87.4 Å². The lowest BCUT2D eigenvalue weighted by molar-refractivity contribution is -0.137. The molecule has 0 spiro atoms. The number of carbonyl (C=O) groups excluding carboxylic acids is 1. The molecule has 0 aliphatic heterocycles. The first-order valence-corrected chi connectivity index (χ1v) is 11.2. The molecule has 0 bridgehead atoms. The van der Waals surface area contributed by atoms with Crippen LogP contribution in [0.5, 0.6) is 11.5 Å². The highest BCUT2D eigenvalue weighted by atomic mass is 19.4. The molecule has 38 heavy (non-hydrogen) atoms. The largest absolute Gasteiger partial charge is 0.497 e. The Balaban J connectivity index is 1.85. The molecule has 4 aromatic rings. The maximum atomic E-state index is 13.8. The number of aromatic nitrogens is 3. The summed E-state index contributed by atoms with van der Waals surface area (Å²) in [5.74, 6) is -0.666. The Morgan fingerprint density at radius 2 is 1.66 bits per heavy atom. The number of pyridine rings is 1. The van der Waals surface area contributed by atoms with Gasteiger partial charge in [-0.3, -0.25) is 14.3 Å². The summed E-state index contributed by atoms with van der Waals surface area (Å²) in [6.07, 6.45) is -5.22. The van der Waals surface area contributed by atoms with Crippen LogP contribution in [0.4, 0.5) is 23.2 Å². The van der Waals surface area contributed by atoms with Crippen molar-refractivity contribution in [2.24, 2.45) is 7.05 Å². The predicted octanol–water partition coefficient (Wildman–Crippen LogP) is 5.21. The second-order valence-electron chi connectivity index (χ2n) is 8.10. The summed E-state index contributed by atoms with van der Waals surface area (Å²) < 4.78 is 66.4. The van der Waals surface area contributed by atoms with E-state index in [0.717, 1.165) is 23.0 Å². The van der Waals surface area contributed by atoms with Crippen molar-refractivity contribution in [2.75, 3.05) is 12.4 Å². The van der Waals surface area contributed by atoms with Gasteiger partial charge in [-0.05, 0) is 60.7 Å². The Hall–Kier alpha value is -4.61. The fourth-order valence-electron chi connectivity index (χ4n) is 3.88. The minimum Gasteiger partial charge on any atom is -0.497 e. The molecule has 0 radical (unpaired) electrons. The summed E-state index contributed by atoms with van der Waals surface area (Å²) in [4.78, 5) is 30.5. The van der Waals surface area contributed by atoms with Gasteiger partial charge in [0, 0.05) is 31.3 Å². The number of benzene rings is 2. The summed E-state index contributed by atoms with van der Waals surface area (Å²) in [7, 11) is 2.85. The third kappa shape index (κ3) is 5.24. The fraction of sp³-hybridized carbons (Fsp3) is 0.192. The first-order chi connectivity index (χ1) is 18.0. The number of anilines is 1. The van der Waals surface area contributed by atoms with Gasteiger partial charge in [-0.25, -0.2) is 9.37 Å². The first-order valence-electron chi connectivity index (χ1n) is 11.2. The number of halogens is 4. The standard InChI is InChI=1S/C26H22F4N4O4/c1-15(27)38-19-12-8-17(9-13-19)24(35)32-21-22(16-6-10-18(37-3)11-7-16)33(2)34(25(21)36)23-20(26(28,29)30)5-4-14-31-23/h4-15H,1-3H3,(H,32,35). The van der Waals surface area contributed by atoms with Gasteiger partial charge in [0.25, 0.3) is 11.5 Å². The number of hydrogen-bond acceptors (Lipinski definition) is 5. The SMILES string of the molecule is COc1ccc(-c2c(NC(=O)c3ccc(OC(C)F)cc3)c(=O)n(-c3ncccc3C(F)(F)F)n2C)cc1. The Labute approximate surface area is 214 Å². The number of ether oxygens (including phenoxy) is 2. The molecule has 0 fully saturated rings. The van der Waals surface area contributed by atoms with Gasteiger partial charge < -0.3 is 14.8 Å². The Kier molecular flexibility index (Phi) is 7.24. The minimum atomic E-state index is -4.79. The Bertz CT molecular complexity index is 1510. The highest BCUT2D eigenvalue weighted by Gasteiger charge is 2.36. The van der Waals surface area contributed by atoms with Gasteiger partial charge >= 0.3 is 6.18 Å². The van der Waals surface area contributed by atoms with Gasteiger partial charge in [0.2, 0.25) is 6.36 Å². The third-order valence-corrected chi connectivity index (χ3v) is 5.58. The normalized spacial score (nSPS) is 12.2. The molecular formula is C26H22F4N4O4. The van der Waals surface area contributed by atoms with Crippen molar-refractivity contribution in [2.45, 2.75) is 19.5 Å². The molecule has 1 atom stereocenters. The molecule has 2 heterocycles. The van der Waals surface area contributed by atoms with E-state index >= 15 is 0 Å².